The predicted molar refractivity (Wildman–Crippen MR) is 213 cm³/mol. The van der Waals surface area contributed by atoms with Crippen LogP contribution in [0.3, 0.4) is 0 Å². The van der Waals surface area contributed by atoms with E-state index in [-0.39, 0.29) is 35.6 Å². The monoisotopic (exact) mass is 805 g/mol. The summed E-state index contributed by atoms with van der Waals surface area (Å²) in [5.74, 6) is 0. The van der Waals surface area contributed by atoms with Gasteiger partial charge in [0.25, 0.3) is 0 Å². The van der Waals surface area contributed by atoms with Gasteiger partial charge in [0.2, 0.25) is 0 Å². The number of halogens is 2. The fourth-order valence-corrected chi connectivity index (χ4v) is 9.70. The summed E-state index contributed by atoms with van der Waals surface area (Å²) < 4.78 is 1.50. The average molecular weight is 808 g/mol. The van der Waals surface area contributed by atoms with Crippen molar-refractivity contribution in [2.75, 3.05) is 0 Å². The van der Waals surface area contributed by atoms with Crippen molar-refractivity contribution in [1.82, 2.24) is 0 Å². The molecule has 0 bridgehead atoms. The fourth-order valence-electron chi connectivity index (χ4n) is 8.57. The second-order valence-electron chi connectivity index (χ2n) is 16.9. The molecule has 4 aromatic rings. The summed E-state index contributed by atoms with van der Waals surface area (Å²) in [7, 11) is 0. The van der Waals surface area contributed by atoms with E-state index in [0.29, 0.717) is 0 Å². The van der Waals surface area contributed by atoms with E-state index in [1.807, 2.05) is 0 Å². The first kappa shape index (κ1) is 42.3. The minimum absolute atomic E-state index is 0. The van der Waals surface area contributed by atoms with Gasteiger partial charge in [0.15, 0.2) is 0 Å². The zero-order valence-corrected chi connectivity index (χ0v) is 37.2. The van der Waals surface area contributed by atoms with Crippen LogP contribution < -0.4 is 35.3 Å². The van der Waals surface area contributed by atoms with Crippen LogP contribution in [0.15, 0.2) is 78.9 Å². The summed E-state index contributed by atoms with van der Waals surface area (Å²) in [5.41, 5.74) is 17.0. The van der Waals surface area contributed by atoms with Gasteiger partial charge in [-0.2, -0.15) is 0 Å². The number of unbranched alkanes of at least 4 members (excludes halogenated alkanes) is 2. The molecule has 0 fully saturated rings. The number of rotatable bonds is 9. The van der Waals surface area contributed by atoms with Crippen molar-refractivity contribution in [3.05, 3.63) is 155 Å². The Bertz CT molecular complexity index is 2170. The van der Waals surface area contributed by atoms with E-state index in [1.165, 1.54) is 141 Å². The topological polar surface area (TPSA) is 0 Å². The Morgan fingerprint density at radius 2 is 1.23 bits per heavy atom. The number of hydrogen-bond donors (Lipinski definition) is 0. The Morgan fingerprint density at radius 3 is 1.67 bits per heavy atom. The minimum atomic E-state index is -0.0786. The molecule has 0 spiro atoms. The molecular weight excluding hydrogens is 751 g/mol. The van der Waals surface area contributed by atoms with Gasteiger partial charge in [-0.05, 0) is 0 Å². The van der Waals surface area contributed by atoms with Crippen molar-refractivity contribution >= 4 is 14.4 Å². The van der Waals surface area contributed by atoms with E-state index < -0.39 is 0 Å². The zero-order valence-electron chi connectivity index (χ0n) is 33.2. The van der Waals surface area contributed by atoms with Crippen molar-refractivity contribution in [2.45, 2.75) is 125 Å². The molecule has 0 N–H and O–H groups in total. The van der Waals surface area contributed by atoms with E-state index in [4.69, 9.17) is 0 Å². The minimum Gasteiger partial charge on any atom is -1.00 e. The van der Waals surface area contributed by atoms with Gasteiger partial charge in [-0.25, -0.2) is 0 Å². The average Bonchev–Trinajstić information content (AvgIpc) is 3.69. The molecule has 6 rings (SSSR count). The number of allylic oxidation sites excluding steroid dienone is 4. The predicted octanol–water partition coefficient (Wildman–Crippen LogP) is 5.49. The normalized spacial score (nSPS) is 13.4. The molecule has 0 unspecified atom stereocenters. The van der Waals surface area contributed by atoms with Gasteiger partial charge in [-0.3, -0.25) is 0 Å². The molecule has 3 heteroatoms. The van der Waals surface area contributed by atoms with Crippen LogP contribution in [-0.2, 0) is 48.4 Å². The van der Waals surface area contributed by atoms with Crippen molar-refractivity contribution in [3.63, 3.8) is 0 Å². The van der Waals surface area contributed by atoms with E-state index in [2.05, 4.69) is 148 Å². The summed E-state index contributed by atoms with van der Waals surface area (Å²) >= 11 is 1.48. The van der Waals surface area contributed by atoms with Crippen LogP contribution in [0.2, 0.25) is 0 Å². The SMILES string of the molecule is CCCCc1ccc(C(c2ccc(CCCC)cc2)=c2c(C(C)(C)C)c(C)c(C3=CC=CC3)c3c2=c2cc(C(C)(C)C)c(C)cc2=[C]3[Zr+2])cc1.[Cl-].[Cl-]. The van der Waals surface area contributed by atoms with Crippen LogP contribution in [0.5, 0.6) is 0 Å². The number of benzene rings is 4. The van der Waals surface area contributed by atoms with Crippen LogP contribution >= 0.6 is 0 Å². The molecule has 4 aromatic carbocycles. The summed E-state index contributed by atoms with van der Waals surface area (Å²) in [6.45, 7) is 23.7. The second kappa shape index (κ2) is 16.9. The molecule has 0 aliphatic heterocycles. The van der Waals surface area contributed by atoms with Gasteiger partial charge < -0.3 is 24.8 Å². The van der Waals surface area contributed by atoms with Crippen molar-refractivity contribution in [3.8, 4) is 0 Å². The van der Waals surface area contributed by atoms with E-state index in [9.17, 15) is 0 Å². The van der Waals surface area contributed by atoms with Crippen molar-refractivity contribution in [2.24, 2.45) is 0 Å². The third-order valence-corrected chi connectivity index (χ3v) is 12.2. The quantitative estimate of drug-likeness (QED) is 0.210. The van der Waals surface area contributed by atoms with Crippen LogP contribution in [0.25, 0.3) is 14.4 Å². The van der Waals surface area contributed by atoms with Gasteiger partial charge in [0.05, 0.1) is 0 Å². The molecule has 0 amide bonds. The molecule has 0 heterocycles. The van der Waals surface area contributed by atoms with E-state index in [1.54, 1.807) is 0 Å². The summed E-state index contributed by atoms with van der Waals surface area (Å²) in [5, 5.41) is 5.75. The molecule has 2 aliphatic carbocycles. The Labute approximate surface area is 342 Å². The molecule has 271 valence electrons. The molecule has 0 atom stereocenters. The Balaban J connectivity index is 0.00000302. The Kier molecular flexibility index (Phi) is 13.8. The van der Waals surface area contributed by atoms with E-state index >= 15 is 0 Å². The first-order chi connectivity index (χ1) is 23.8. The first-order valence-corrected chi connectivity index (χ1v) is 20.4. The van der Waals surface area contributed by atoms with Crippen LogP contribution in [-0.4, -0.2) is 0 Å². The molecular formula is C49H57Cl2Zr. The Hall–Kier alpha value is -2.44. The van der Waals surface area contributed by atoms with Gasteiger partial charge in [-0.15, -0.1) is 0 Å². The molecule has 0 radical (unpaired) electrons. The summed E-state index contributed by atoms with van der Waals surface area (Å²) in [6, 6.07) is 24.4. The standard InChI is InChI=1S/C49H57.2ClH.Zr/c1-11-13-17-34-21-25-37(26-22-34)44(38-27-23-35(24-28-38)18-14-12-2)46-45-40-31-42(48(5,6)7)32(3)29-39(40)30-41(45)43(36-19-15-16-20-36)33(4)47(46)49(8,9)10;;;/h15-16,19,21-29,31H,11-14,17-18,20H2,1-10H3;2*1H;/q;;;+2/p-2. The fraction of sp³-hybridized carbons (Fsp3) is 0.388. The zero-order chi connectivity index (χ0) is 36.0. The smallest absolute Gasteiger partial charge is 1.00 e. The molecule has 0 saturated heterocycles. The maximum atomic E-state index is 2.58. The van der Waals surface area contributed by atoms with Gasteiger partial charge in [-0.1, -0.05) is 13.8 Å². The third kappa shape index (κ3) is 8.14. The maximum Gasteiger partial charge on any atom is -1.00 e. The van der Waals surface area contributed by atoms with Crippen LogP contribution in [0.1, 0.15) is 143 Å². The van der Waals surface area contributed by atoms with Crippen LogP contribution in [0.4, 0.5) is 0 Å². The van der Waals surface area contributed by atoms with Crippen LogP contribution in [0, 0.1) is 24.3 Å². The van der Waals surface area contributed by atoms with Gasteiger partial charge in [0, 0.05) is 0 Å². The van der Waals surface area contributed by atoms with Crippen molar-refractivity contribution in [1.29, 1.82) is 0 Å². The van der Waals surface area contributed by atoms with E-state index in [0.717, 1.165) is 19.3 Å². The third-order valence-electron chi connectivity index (χ3n) is 10.9. The maximum absolute atomic E-state index is 2.58. The van der Waals surface area contributed by atoms with Crippen molar-refractivity contribution < 1.29 is 49.5 Å². The number of hydrogen-bond acceptors (Lipinski definition) is 0. The number of aryl methyl sites for hydroxylation is 3. The molecule has 52 heavy (non-hydrogen) atoms. The molecule has 0 aromatic heterocycles. The summed E-state index contributed by atoms with van der Waals surface area (Å²) in [4.78, 5) is 0. The van der Waals surface area contributed by atoms with Gasteiger partial charge >= 0.3 is 306 Å². The first-order valence-electron chi connectivity index (χ1n) is 19.1. The molecule has 0 saturated carbocycles. The molecule has 0 nitrogen and oxygen atoms in total. The second-order valence-corrected chi connectivity index (χ2v) is 18.1. The summed E-state index contributed by atoms with van der Waals surface area (Å²) in [6.07, 6.45) is 15.1. The largest absolute Gasteiger partial charge is 1.00 e. The number of fused-ring (bicyclic) bond motifs is 2. The Morgan fingerprint density at radius 1 is 0.692 bits per heavy atom. The van der Waals surface area contributed by atoms with Gasteiger partial charge in [0.1, 0.15) is 0 Å². The molecule has 2 aliphatic rings.